The average molecular weight is 304 g/mol. The van der Waals surface area contributed by atoms with E-state index in [1.165, 1.54) is 0 Å². The number of ketones is 1. The summed E-state index contributed by atoms with van der Waals surface area (Å²) in [4.78, 5) is 14.4. The molecular formula is C13H15Cl2NOS. The van der Waals surface area contributed by atoms with Crippen LogP contribution in [0, 0.1) is 0 Å². The van der Waals surface area contributed by atoms with Crippen LogP contribution in [0.1, 0.15) is 5.56 Å². The van der Waals surface area contributed by atoms with Gasteiger partial charge < -0.3 is 0 Å². The summed E-state index contributed by atoms with van der Waals surface area (Å²) < 4.78 is 0. The molecule has 1 aliphatic rings. The largest absolute Gasteiger partial charge is 0.298 e. The second kappa shape index (κ2) is 6.29. The van der Waals surface area contributed by atoms with E-state index in [0.29, 0.717) is 16.5 Å². The van der Waals surface area contributed by atoms with E-state index in [-0.39, 0.29) is 11.8 Å². The molecule has 0 aromatic heterocycles. The van der Waals surface area contributed by atoms with Gasteiger partial charge in [-0.3, -0.25) is 9.69 Å². The lowest BCUT2D eigenvalue weighted by Gasteiger charge is -2.31. The number of rotatable bonds is 3. The molecule has 1 saturated heterocycles. The lowest BCUT2D eigenvalue weighted by atomic mass is 10.0. The maximum atomic E-state index is 12.3. The van der Waals surface area contributed by atoms with Gasteiger partial charge >= 0.3 is 0 Å². The third kappa shape index (κ3) is 3.21. The van der Waals surface area contributed by atoms with Crippen LogP contribution in [0.2, 0.25) is 10.0 Å². The predicted octanol–water partition coefficient (Wildman–Crippen LogP) is 3.15. The smallest absolute Gasteiger partial charge is 0.155 e. The van der Waals surface area contributed by atoms with Gasteiger partial charge in [0.25, 0.3) is 0 Å². The fourth-order valence-electron chi connectivity index (χ4n) is 2.02. The van der Waals surface area contributed by atoms with Crippen LogP contribution >= 0.6 is 35.0 Å². The molecule has 5 heteroatoms. The van der Waals surface area contributed by atoms with Crippen molar-refractivity contribution in [1.29, 1.82) is 0 Å². The van der Waals surface area contributed by atoms with Crippen molar-refractivity contribution < 1.29 is 4.79 Å². The zero-order valence-corrected chi connectivity index (χ0v) is 12.5. The van der Waals surface area contributed by atoms with E-state index >= 15 is 0 Å². The van der Waals surface area contributed by atoms with Gasteiger partial charge in [0.05, 0.1) is 6.04 Å². The molecule has 1 heterocycles. The zero-order valence-electron chi connectivity index (χ0n) is 10.2. The Morgan fingerprint density at radius 2 is 2.11 bits per heavy atom. The first-order valence-corrected chi connectivity index (χ1v) is 7.74. The van der Waals surface area contributed by atoms with Gasteiger partial charge in [-0.05, 0) is 24.7 Å². The van der Waals surface area contributed by atoms with Gasteiger partial charge in [0, 0.05) is 34.5 Å². The quantitative estimate of drug-likeness (QED) is 0.855. The number of carbonyl (C=O) groups is 1. The summed E-state index contributed by atoms with van der Waals surface area (Å²) in [6.07, 6.45) is 0.314. The summed E-state index contributed by atoms with van der Waals surface area (Å²) in [5.74, 6) is 2.14. The molecule has 18 heavy (non-hydrogen) atoms. The van der Waals surface area contributed by atoms with Crippen LogP contribution in [-0.2, 0) is 11.2 Å². The van der Waals surface area contributed by atoms with Crippen LogP contribution in [0.15, 0.2) is 18.2 Å². The lowest BCUT2D eigenvalue weighted by Crippen LogP contribution is -2.45. The monoisotopic (exact) mass is 303 g/mol. The van der Waals surface area contributed by atoms with Crippen molar-refractivity contribution in [2.45, 2.75) is 12.5 Å². The SMILES string of the molecule is CN1CCSCC1C(=O)Cc1c(Cl)cccc1Cl. The molecule has 0 amide bonds. The van der Waals surface area contributed by atoms with Crippen molar-refractivity contribution in [3.05, 3.63) is 33.8 Å². The molecule has 0 spiro atoms. The summed E-state index contributed by atoms with van der Waals surface area (Å²) in [6, 6.07) is 5.32. The van der Waals surface area contributed by atoms with E-state index in [2.05, 4.69) is 4.90 Å². The summed E-state index contributed by atoms with van der Waals surface area (Å²) in [7, 11) is 2.00. The van der Waals surface area contributed by atoms with Gasteiger partial charge in [0.1, 0.15) is 0 Å². The Morgan fingerprint density at radius 1 is 1.44 bits per heavy atom. The van der Waals surface area contributed by atoms with Gasteiger partial charge in [-0.1, -0.05) is 29.3 Å². The highest BCUT2D eigenvalue weighted by Gasteiger charge is 2.26. The zero-order chi connectivity index (χ0) is 13.1. The normalized spacial score (nSPS) is 20.9. The highest BCUT2D eigenvalue weighted by atomic mass is 35.5. The fourth-order valence-corrected chi connectivity index (χ4v) is 3.80. The molecule has 1 atom stereocenters. The Kier molecular flexibility index (Phi) is 4.96. The number of nitrogens with zero attached hydrogens (tertiary/aromatic N) is 1. The molecular weight excluding hydrogens is 289 g/mol. The first-order chi connectivity index (χ1) is 8.59. The maximum Gasteiger partial charge on any atom is 0.155 e. The average Bonchev–Trinajstić information content (AvgIpc) is 2.34. The number of halogens is 2. The molecule has 1 aromatic carbocycles. The topological polar surface area (TPSA) is 20.3 Å². The molecule has 2 rings (SSSR count). The molecule has 0 radical (unpaired) electrons. The van der Waals surface area contributed by atoms with Crippen LogP contribution in [0.3, 0.4) is 0 Å². The minimum Gasteiger partial charge on any atom is -0.298 e. The van der Waals surface area contributed by atoms with Crippen LogP contribution in [0.4, 0.5) is 0 Å². The van der Waals surface area contributed by atoms with Crippen molar-refractivity contribution in [1.82, 2.24) is 4.90 Å². The molecule has 98 valence electrons. The predicted molar refractivity (Wildman–Crippen MR) is 78.9 cm³/mol. The Morgan fingerprint density at radius 3 is 2.72 bits per heavy atom. The molecule has 2 nitrogen and oxygen atoms in total. The van der Waals surface area contributed by atoms with Crippen LogP contribution in [0.5, 0.6) is 0 Å². The highest BCUT2D eigenvalue weighted by molar-refractivity contribution is 7.99. The second-order valence-corrected chi connectivity index (χ2v) is 6.38. The summed E-state index contributed by atoms with van der Waals surface area (Å²) in [6.45, 7) is 0.956. The van der Waals surface area contributed by atoms with Crippen molar-refractivity contribution in [3.63, 3.8) is 0 Å². The standard InChI is InChI=1S/C13H15Cl2NOS/c1-16-5-6-18-8-12(16)13(17)7-9-10(14)3-2-4-11(9)15/h2-4,12H,5-8H2,1H3. The molecule has 0 N–H and O–H groups in total. The fraction of sp³-hybridized carbons (Fsp3) is 0.462. The molecule has 1 fully saturated rings. The number of Topliss-reactive ketones (excluding diaryl/α,β-unsaturated/α-hetero) is 1. The molecule has 1 aliphatic heterocycles. The van der Waals surface area contributed by atoms with Gasteiger partial charge in [0.2, 0.25) is 0 Å². The minimum atomic E-state index is -0.0175. The molecule has 1 unspecified atom stereocenters. The van der Waals surface area contributed by atoms with Gasteiger partial charge in [0.15, 0.2) is 5.78 Å². The number of hydrogen-bond donors (Lipinski definition) is 0. The van der Waals surface area contributed by atoms with E-state index in [9.17, 15) is 4.79 Å². The van der Waals surface area contributed by atoms with E-state index in [4.69, 9.17) is 23.2 Å². The third-order valence-corrected chi connectivity index (χ3v) is 4.91. The van der Waals surface area contributed by atoms with Crippen molar-refractivity contribution in [2.75, 3.05) is 25.1 Å². The van der Waals surface area contributed by atoms with Crippen LogP contribution in [-0.4, -0.2) is 41.8 Å². The number of thioether (sulfide) groups is 1. The number of benzene rings is 1. The van der Waals surface area contributed by atoms with E-state index in [1.807, 2.05) is 18.8 Å². The minimum absolute atomic E-state index is 0.0175. The number of carbonyl (C=O) groups excluding carboxylic acids is 1. The van der Waals surface area contributed by atoms with Gasteiger partial charge in [-0.25, -0.2) is 0 Å². The summed E-state index contributed by atoms with van der Waals surface area (Å²) >= 11 is 14.0. The third-order valence-electron chi connectivity index (χ3n) is 3.18. The van der Waals surface area contributed by atoms with E-state index < -0.39 is 0 Å². The summed E-state index contributed by atoms with van der Waals surface area (Å²) in [5.41, 5.74) is 0.745. The maximum absolute atomic E-state index is 12.3. The Labute approximate surface area is 122 Å². The van der Waals surface area contributed by atoms with Crippen LogP contribution in [0.25, 0.3) is 0 Å². The van der Waals surface area contributed by atoms with Crippen molar-refractivity contribution in [2.24, 2.45) is 0 Å². The highest BCUT2D eigenvalue weighted by Crippen LogP contribution is 2.26. The first-order valence-electron chi connectivity index (χ1n) is 5.83. The number of likely N-dealkylation sites (N-methyl/N-ethyl adjacent to an activating group) is 1. The summed E-state index contributed by atoms with van der Waals surface area (Å²) in [5, 5.41) is 1.14. The second-order valence-electron chi connectivity index (χ2n) is 4.41. The molecule has 0 bridgehead atoms. The Hall–Kier alpha value is -0.220. The number of hydrogen-bond acceptors (Lipinski definition) is 3. The molecule has 0 aliphatic carbocycles. The van der Waals surface area contributed by atoms with Gasteiger partial charge in [-0.2, -0.15) is 11.8 Å². The Bertz CT molecular complexity index is 432. The van der Waals surface area contributed by atoms with Gasteiger partial charge in [-0.15, -0.1) is 0 Å². The first kappa shape index (κ1) is 14.2. The van der Waals surface area contributed by atoms with Crippen molar-refractivity contribution in [3.8, 4) is 0 Å². The lowest BCUT2D eigenvalue weighted by molar-refractivity contribution is -0.122. The molecule has 1 aromatic rings. The van der Waals surface area contributed by atoms with E-state index in [0.717, 1.165) is 23.6 Å². The Balaban J connectivity index is 2.11. The van der Waals surface area contributed by atoms with Crippen molar-refractivity contribution >= 4 is 40.7 Å². The van der Waals surface area contributed by atoms with E-state index in [1.54, 1.807) is 18.2 Å². The molecule has 0 saturated carbocycles. The van der Waals surface area contributed by atoms with Crippen LogP contribution < -0.4 is 0 Å².